The van der Waals surface area contributed by atoms with Crippen LogP contribution < -0.4 is 11.2 Å². The molecule has 4 rings (SSSR count). The molecule has 0 fully saturated rings. The van der Waals surface area contributed by atoms with E-state index in [0.717, 1.165) is 22.6 Å². The molecule has 0 amide bonds. The van der Waals surface area contributed by atoms with Crippen LogP contribution in [0.15, 0.2) is 27.8 Å². The number of nitrogens with zero attached hydrogens (tertiary/aromatic N) is 5. The molecule has 0 atom stereocenters. The summed E-state index contributed by atoms with van der Waals surface area (Å²) < 4.78 is 11.7. The third-order valence-corrected chi connectivity index (χ3v) is 6.00. The molecule has 0 N–H and O–H groups in total. The van der Waals surface area contributed by atoms with E-state index in [-0.39, 0.29) is 12.1 Å². The second-order valence-electron chi connectivity index (χ2n) is 7.35. The van der Waals surface area contributed by atoms with Crippen LogP contribution in [0.25, 0.3) is 22.6 Å². The Labute approximate surface area is 177 Å². The summed E-state index contributed by atoms with van der Waals surface area (Å²) >= 11 is 6.35. The first-order valence-corrected chi connectivity index (χ1v) is 10.2. The lowest BCUT2D eigenvalue weighted by Gasteiger charge is -2.09. The summed E-state index contributed by atoms with van der Waals surface area (Å²) in [5.74, 6) is 0.564. The lowest BCUT2D eigenvalue weighted by atomic mass is 10.2. The Kier molecular flexibility index (Phi) is 5.07. The fourth-order valence-electron chi connectivity index (χ4n) is 3.78. The van der Waals surface area contributed by atoms with Gasteiger partial charge in [-0.3, -0.25) is 22.9 Å². The molecular weight excluding hydrogens is 406 g/mol. The highest BCUT2D eigenvalue weighted by Gasteiger charge is 2.23. The molecule has 1 aromatic carbocycles. The molecule has 0 aliphatic carbocycles. The summed E-state index contributed by atoms with van der Waals surface area (Å²) in [6, 6.07) is 5.79. The number of imidazole rings is 2. The van der Waals surface area contributed by atoms with E-state index in [1.54, 1.807) is 7.05 Å². The predicted octanol–water partition coefficient (Wildman–Crippen LogP) is 2.75. The molecule has 8 nitrogen and oxygen atoms in total. The molecule has 0 bridgehead atoms. The van der Waals surface area contributed by atoms with Gasteiger partial charge in [0.25, 0.3) is 5.56 Å². The van der Waals surface area contributed by atoms with Crippen LogP contribution in [0, 0.1) is 20.8 Å². The highest BCUT2D eigenvalue weighted by molar-refractivity contribution is 6.31. The second kappa shape index (κ2) is 7.45. The minimum absolute atomic E-state index is 0.189. The molecule has 0 unspecified atom stereocenters. The maximum Gasteiger partial charge on any atom is 0.332 e. The molecule has 30 heavy (non-hydrogen) atoms. The van der Waals surface area contributed by atoms with Crippen LogP contribution in [-0.2, 0) is 18.3 Å². The topological polar surface area (TPSA) is 75.5 Å². The number of ether oxygens (including phenoxy) is 1. The first-order valence-electron chi connectivity index (χ1n) is 9.82. The van der Waals surface area contributed by atoms with Crippen LogP contribution in [0.4, 0.5) is 0 Å². The summed E-state index contributed by atoms with van der Waals surface area (Å²) in [4.78, 5) is 30.7. The molecule has 3 aromatic heterocycles. The van der Waals surface area contributed by atoms with Gasteiger partial charge >= 0.3 is 5.69 Å². The average molecular weight is 430 g/mol. The van der Waals surface area contributed by atoms with Crippen molar-refractivity contribution in [1.29, 1.82) is 0 Å². The van der Waals surface area contributed by atoms with E-state index >= 15 is 0 Å². The molecule has 0 saturated carbocycles. The highest BCUT2D eigenvalue weighted by Crippen LogP contribution is 2.27. The third kappa shape index (κ3) is 2.90. The lowest BCUT2D eigenvalue weighted by Crippen LogP contribution is -2.40. The minimum atomic E-state index is -0.410. The van der Waals surface area contributed by atoms with Gasteiger partial charge in [0.15, 0.2) is 11.2 Å². The van der Waals surface area contributed by atoms with Gasteiger partial charge in [-0.05, 0) is 45.4 Å². The first-order chi connectivity index (χ1) is 14.3. The van der Waals surface area contributed by atoms with E-state index in [1.165, 1.54) is 9.13 Å². The Morgan fingerprint density at radius 3 is 2.53 bits per heavy atom. The number of halogens is 1. The molecule has 4 aromatic rings. The van der Waals surface area contributed by atoms with Crippen molar-refractivity contribution in [1.82, 2.24) is 23.1 Å². The van der Waals surface area contributed by atoms with Gasteiger partial charge in [0.2, 0.25) is 5.78 Å². The number of aromatic nitrogens is 5. The van der Waals surface area contributed by atoms with Crippen molar-refractivity contribution in [2.75, 3.05) is 13.2 Å². The Morgan fingerprint density at radius 2 is 1.87 bits per heavy atom. The molecule has 0 aliphatic rings. The summed E-state index contributed by atoms with van der Waals surface area (Å²) in [5.41, 5.74) is 3.58. The van der Waals surface area contributed by atoms with Crippen LogP contribution in [0.1, 0.15) is 23.9 Å². The maximum atomic E-state index is 13.3. The predicted molar refractivity (Wildman–Crippen MR) is 117 cm³/mol. The van der Waals surface area contributed by atoms with E-state index in [2.05, 4.69) is 4.98 Å². The van der Waals surface area contributed by atoms with Crippen LogP contribution in [0.3, 0.4) is 0 Å². The van der Waals surface area contributed by atoms with Gasteiger partial charge in [0.05, 0.1) is 18.8 Å². The smallest absolute Gasteiger partial charge is 0.332 e. The molecule has 0 radical (unpaired) electrons. The number of aryl methyl sites for hydroxylation is 3. The largest absolute Gasteiger partial charge is 0.380 e. The normalized spacial score (nSPS) is 11.8. The highest BCUT2D eigenvalue weighted by atomic mass is 35.5. The number of fused-ring (bicyclic) bond motifs is 3. The van der Waals surface area contributed by atoms with Crippen molar-refractivity contribution in [2.45, 2.75) is 34.2 Å². The van der Waals surface area contributed by atoms with E-state index in [4.69, 9.17) is 16.3 Å². The van der Waals surface area contributed by atoms with Gasteiger partial charge in [-0.1, -0.05) is 17.7 Å². The Morgan fingerprint density at radius 1 is 1.13 bits per heavy atom. The minimum Gasteiger partial charge on any atom is -0.380 e. The zero-order valence-electron chi connectivity index (χ0n) is 17.7. The van der Waals surface area contributed by atoms with E-state index < -0.39 is 5.69 Å². The zero-order chi connectivity index (χ0) is 21.7. The summed E-state index contributed by atoms with van der Waals surface area (Å²) in [6.07, 6.45) is 0. The second-order valence-corrected chi connectivity index (χ2v) is 7.76. The van der Waals surface area contributed by atoms with Crippen molar-refractivity contribution >= 4 is 28.5 Å². The maximum absolute atomic E-state index is 13.3. The van der Waals surface area contributed by atoms with Crippen LogP contribution >= 0.6 is 11.6 Å². The fourth-order valence-corrected chi connectivity index (χ4v) is 3.95. The third-order valence-electron chi connectivity index (χ3n) is 5.60. The van der Waals surface area contributed by atoms with Crippen molar-refractivity contribution in [2.24, 2.45) is 7.05 Å². The van der Waals surface area contributed by atoms with Crippen LogP contribution in [-0.4, -0.2) is 36.3 Å². The lowest BCUT2D eigenvalue weighted by molar-refractivity contribution is 0.137. The Bertz CT molecular complexity index is 1410. The summed E-state index contributed by atoms with van der Waals surface area (Å²) in [5, 5.41) is 0.651. The quantitative estimate of drug-likeness (QED) is 0.457. The standard InChI is InChI=1S/C21H24ClN5O3/c1-6-30-10-9-25-19(28)17-18(24(5)21(25)29)23-20-26(13(3)14(4)27(17)20)15-8-7-12(2)16(22)11-15/h7-8,11H,6,9-10H2,1-5H3. The Hall–Kier alpha value is -2.84. The SMILES string of the molecule is CCOCCn1c(=O)c2c(nc3n(-c4ccc(C)c(Cl)c4)c(C)c(C)n23)n(C)c1=O. The molecule has 9 heteroatoms. The van der Waals surface area contributed by atoms with E-state index in [1.807, 2.05) is 54.9 Å². The summed E-state index contributed by atoms with van der Waals surface area (Å²) in [7, 11) is 1.63. The summed E-state index contributed by atoms with van der Waals surface area (Å²) in [6.45, 7) is 8.73. The molecule has 0 spiro atoms. The average Bonchev–Trinajstić information content (AvgIpc) is 3.21. The number of hydrogen-bond donors (Lipinski definition) is 0. The van der Waals surface area contributed by atoms with Gasteiger partial charge in [-0.15, -0.1) is 0 Å². The molecule has 158 valence electrons. The van der Waals surface area contributed by atoms with Crippen molar-refractivity contribution in [3.8, 4) is 5.69 Å². The molecule has 0 aliphatic heterocycles. The van der Waals surface area contributed by atoms with Gasteiger partial charge in [0.1, 0.15) is 0 Å². The number of rotatable bonds is 5. The molecular formula is C21H24ClN5O3. The Balaban J connectivity index is 2.07. The van der Waals surface area contributed by atoms with Crippen LogP contribution in [0.2, 0.25) is 5.02 Å². The molecule has 0 saturated heterocycles. The zero-order valence-corrected chi connectivity index (χ0v) is 18.4. The van der Waals surface area contributed by atoms with Crippen molar-refractivity contribution in [3.63, 3.8) is 0 Å². The van der Waals surface area contributed by atoms with Crippen LogP contribution in [0.5, 0.6) is 0 Å². The number of benzene rings is 1. The van der Waals surface area contributed by atoms with Gasteiger partial charge < -0.3 is 4.74 Å². The van der Waals surface area contributed by atoms with Gasteiger partial charge in [0, 0.05) is 30.1 Å². The number of hydrogen-bond acceptors (Lipinski definition) is 4. The van der Waals surface area contributed by atoms with Gasteiger partial charge in [-0.2, -0.15) is 4.98 Å². The fraction of sp³-hybridized carbons (Fsp3) is 0.381. The molecule has 3 heterocycles. The van der Waals surface area contributed by atoms with Gasteiger partial charge in [-0.25, -0.2) is 4.79 Å². The van der Waals surface area contributed by atoms with E-state index in [0.29, 0.717) is 35.2 Å². The van der Waals surface area contributed by atoms with Crippen molar-refractivity contribution in [3.05, 3.63) is 61.0 Å². The first kappa shape index (κ1) is 20.4. The van der Waals surface area contributed by atoms with E-state index in [9.17, 15) is 9.59 Å². The monoisotopic (exact) mass is 429 g/mol. The van der Waals surface area contributed by atoms with Crippen molar-refractivity contribution < 1.29 is 4.74 Å².